The van der Waals surface area contributed by atoms with Gasteiger partial charge in [0.1, 0.15) is 11.8 Å². The number of aliphatic carboxylic acids is 1. The van der Waals surface area contributed by atoms with Crippen molar-refractivity contribution in [2.45, 2.75) is 36.8 Å². The average molecular weight is 485 g/mol. The van der Waals surface area contributed by atoms with Crippen LogP contribution in [0.4, 0.5) is 18.9 Å². The number of carboxylic acid groups (broad SMARTS) is 1. The number of allylic oxidation sites excluding steroid dienone is 2. The molecule has 1 amide bonds. The number of hydrogen-bond donors (Lipinski definition) is 4. The van der Waals surface area contributed by atoms with Crippen LogP contribution >= 0.6 is 0 Å². The van der Waals surface area contributed by atoms with E-state index in [1.54, 1.807) is 0 Å². The largest absolute Gasteiger partial charge is 0.490 e. The van der Waals surface area contributed by atoms with Crippen molar-refractivity contribution in [3.63, 3.8) is 0 Å². The second kappa shape index (κ2) is 10.3. The highest BCUT2D eigenvalue weighted by molar-refractivity contribution is 7.89. The lowest BCUT2D eigenvalue weighted by Crippen LogP contribution is -2.21. The number of hydrogen-bond acceptors (Lipinski definition) is 6. The first-order valence-electron chi connectivity index (χ1n) is 9.25. The number of nitrogens with two attached hydrogens (primary N) is 1. The van der Waals surface area contributed by atoms with Gasteiger partial charge in [-0.05, 0) is 49.5 Å². The van der Waals surface area contributed by atoms with E-state index in [9.17, 15) is 26.4 Å². The van der Waals surface area contributed by atoms with E-state index in [0.29, 0.717) is 11.3 Å². The number of nitriles is 1. The lowest BCUT2D eigenvalue weighted by atomic mass is 9.92. The first-order valence-corrected chi connectivity index (χ1v) is 10.8. The Balaban J connectivity index is 0.000000479. The molecule has 1 aliphatic rings. The smallest absolute Gasteiger partial charge is 0.475 e. The van der Waals surface area contributed by atoms with Crippen molar-refractivity contribution in [1.29, 1.82) is 5.26 Å². The molecular formula is C19H18F3N5O5S. The van der Waals surface area contributed by atoms with Crippen LogP contribution in [0.25, 0.3) is 5.57 Å². The number of imidazole rings is 1. The van der Waals surface area contributed by atoms with Crippen molar-refractivity contribution in [2.75, 3.05) is 5.32 Å². The number of alkyl halides is 3. The molecule has 10 nitrogen and oxygen atoms in total. The number of nitrogens with zero attached hydrogens (tertiary/aromatic N) is 2. The summed E-state index contributed by atoms with van der Waals surface area (Å²) in [5.41, 5.74) is 2.23. The Labute approximate surface area is 186 Å². The number of halogens is 3. The molecule has 0 bridgehead atoms. The Morgan fingerprint density at radius 3 is 2.42 bits per heavy atom. The number of aromatic nitrogens is 2. The Hall–Kier alpha value is -3.70. The molecule has 0 aliphatic heterocycles. The summed E-state index contributed by atoms with van der Waals surface area (Å²) in [5, 5.41) is 23.9. The van der Waals surface area contributed by atoms with Crippen molar-refractivity contribution in [1.82, 2.24) is 9.97 Å². The normalized spacial score (nSPS) is 13.7. The van der Waals surface area contributed by atoms with E-state index in [1.807, 2.05) is 12.1 Å². The Morgan fingerprint density at radius 1 is 1.27 bits per heavy atom. The molecule has 1 heterocycles. The number of sulfonamides is 1. The molecule has 14 heteroatoms. The van der Waals surface area contributed by atoms with Crippen LogP contribution in [0.3, 0.4) is 0 Å². The van der Waals surface area contributed by atoms with E-state index in [1.165, 1.54) is 24.4 Å². The fraction of sp³-hybridized carbons (Fsp3) is 0.263. The van der Waals surface area contributed by atoms with Crippen molar-refractivity contribution < 1.29 is 36.3 Å². The highest BCUT2D eigenvalue weighted by Gasteiger charge is 2.38. The summed E-state index contributed by atoms with van der Waals surface area (Å²) in [4.78, 5) is 27.7. The molecule has 0 radical (unpaired) electrons. The van der Waals surface area contributed by atoms with Gasteiger partial charge in [0.2, 0.25) is 10.0 Å². The molecule has 5 N–H and O–H groups in total. The van der Waals surface area contributed by atoms with Gasteiger partial charge in [0, 0.05) is 11.3 Å². The summed E-state index contributed by atoms with van der Waals surface area (Å²) in [7, 11) is -3.86. The van der Waals surface area contributed by atoms with E-state index in [0.717, 1.165) is 31.3 Å². The van der Waals surface area contributed by atoms with Crippen LogP contribution in [0, 0.1) is 11.3 Å². The summed E-state index contributed by atoms with van der Waals surface area (Å²) in [5.74, 6) is -3.28. The van der Waals surface area contributed by atoms with Crippen molar-refractivity contribution in [3.05, 3.63) is 47.6 Å². The van der Waals surface area contributed by atoms with E-state index in [2.05, 4.69) is 15.3 Å². The third-order valence-electron chi connectivity index (χ3n) is 4.36. The maximum atomic E-state index is 12.4. The zero-order valence-corrected chi connectivity index (χ0v) is 17.6. The Kier molecular flexibility index (Phi) is 7.96. The van der Waals surface area contributed by atoms with Crippen LogP contribution in [0.5, 0.6) is 0 Å². The lowest BCUT2D eigenvalue weighted by Gasteiger charge is -2.18. The van der Waals surface area contributed by atoms with E-state index in [-0.39, 0.29) is 16.4 Å². The van der Waals surface area contributed by atoms with Gasteiger partial charge in [0.15, 0.2) is 5.82 Å². The number of amides is 1. The van der Waals surface area contributed by atoms with Crippen LogP contribution in [-0.4, -0.2) is 41.5 Å². The first kappa shape index (κ1) is 25.6. The number of nitrogens with one attached hydrogen (secondary N) is 2. The number of H-pyrrole nitrogens is 1. The van der Waals surface area contributed by atoms with Gasteiger partial charge in [0.25, 0.3) is 5.91 Å². The summed E-state index contributed by atoms with van der Waals surface area (Å²) in [6, 6.07) is 6.20. The molecule has 3 rings (SSSR count). The number of anilines is 1. The van der Waals surface area contributed by atoms with Crippen LogP contribution in [0.2, 0.25) is 0 Å². The number of carbonyl (C=O) groups excluding carboxylic acids is 1. The zero-order chi connectivity index (χ0) is 24.8. The summed E-state index contributed by atoms with van der Waals surface area (Å²) in [6.07, 6.45) is 1.97. The van der Waals surface area contributed by atoms with Gasteiger partial charge in [-0.15, -0.1) is 0 Å². The summed E-state index contributed by atoms with van der Waals surface area (Å²) >= 11 is 0. The topological polar surface area (TPSA) is 179 Å². The fourth-order valence-corrected chi connectivity index (χ4v) is 3.37. The Bertz CT molecular complexity index is 1230. The van der Waals surface area contributed by atoms with Crippen LogP contribution < -0.4 is 10.5 Å². The maximum absolute atomic E-state index is 12.4. The minimum atomic E-state index is -5.08. The molecule has 0 fully saturated rings. The monoisotopic (exact) mass is 485 g/mol. The molecule has 0 saturated carbocycles. The maximum Gasteiger partial charge on any atom is 0.490 e. The van der Waals surface area contributed by atoms with Gasteiger partial charge >= 0.3 is 12.1 Å². The molecule has 0 saturated heterocycles. The molecule has 1 aromatic carbocycles. The highest BCUT2D eigenvalue weighted by atomic mass is 32.2. The number of carboxylic acids is 1. The second-order valence-corrected chi connectivity index (χ2v) is 8.30. The molecule has 2 aromatic rings. The molecule has 0 spiro atoms. The fourth-order valence-electron chi connectivity index (χ4n) is 2.83. The molecule has 0 atom stereocenters. The molecule has 0 unspecified atom stereocenters. The second-order valence-electron chi connectivity index (χ2n) is 6.74. The number of carbonyl (C=O) groups is 2. The predicted molar refractivity (Wildman–Crippen MR) is 109 cm³/mol. The minimum Gasteiger partial charge on any atom is -0.475 e. The summed E-state index contributed by atoms with van der Waals surface area (Å²) in [6.45, 7) is 0. The van der Waals surface area contributed by atoms with Gasteiger partial charge in [-0.3, -0.25) is 4.79 Å². The van der Waals surface area contributed by atoms with Gasteiger partial charge in [-0.25, -0.2) is 23.3 Å². The SMILES string of the molecule is N#Cc1cnc(C(=O)Nc2ccc(S(N)(=O)=O)cc2C2=CCCCC2)[nH]1.O=C(O)C(F)(F)F. The minimum absolute atomic E-state index is 0.000599. The van der Waals surface area contributed by atoms with E-state index < -0.39 is 28.1 Å². The molecule has 176 valence electrons. The lowest BCUT2D eigenvalue weighted by molar-refractivity contribution is -0.192. The quantitative estimate of drug-likeness (QED) is 0.514. The predicted octanol–water partition coefficient (Wildman–Crippen LogP) is 2.77. The number of benzene rings is 1. The number of primary sulfonamides is 1. The molecule has 33 heavy (non-hydrogen) atoms. The van der Waals surface area contributed by atoms with Gasteiger partial charge < -0.3 is 15.4 Å². The van der Waals surface area contributed by atoms with Gasteiger partial charge in [-0.2, -0.15) is 18.4 Å². The third kappa shape index (κ3) is 7.16. The zero-order valence-electron chi connectivity index (χ0n) is 16.8. The average Bonchev–Trinajstić information content (AvgIpc) is 3.23. The third-order valence-corrected chi connectivity index (χ3v) is 5.27. The van der Waals surface area contributed by atoms with E-state index >= 15 is 0 Å². The first-order chi connectivity index (χ1) is 15.3. The van der Waals surface area contributed by atoms with Crippen molar-refractivity contribution >= 4 is 33.2 Å². The number of aromatic amines is 1. The molecule has 1 aliphatic carbocycles. The van der Waals surface area contributed by atoms with Crippen LogP contribution in [0.15, 0.2) is 35.4 Å². The van der Waals surface area contributed by atoms with Gasteiger partial charge in [0.05, 0.1) is 11.1 Å². The van der Waals surface area contributed by atoms with E-state index in [4.69, 9.17) is 20.3 Å². The van der Waals surface area contributed by atoms with Crippen molar-refractivity contribution in [2.24, 2.45) is 5.14 Å². The van der Waals surface area contributed by atoms with Gasteiger partial charge in [-0.1, -0.05) is 6.08 Å². The van der Waals surface area contributed by atoms with Crippen molar-refractivity contribution in [3.8, 4) is 6.07 Å². The Morgan fingerprint density at radius 2 is 1.94 bits per heavy atom. The highest BCUT2D eigenvalue weighted by Crippen LogP contribution is 2.33. The molecule has 1 aromatic heterocycles. The number of rotatable bonds is 4. The van der Waals surface area contributed by atoms with Crippen LogP contribution in [-0.2, 0) is 14.8 Å². The summed E-state index contributed by atoms with van der Waals surface area (Å²) < 4.78 is 55.1. The standard InChI is InChI=1S/C17H17N5O3S.C2HF3O2/c18-9-12-10-20-16(21-12)17(23)22-15-7-6-13(26(19,24)25)8-14(15)11-4-2-1-3-5-11;3-2(4,5)1(6)7/h4,6-8,10H,1-3,5H2,(H,20,21)(H,22,23)(H2,19,24,25);(H,6,7). The molecular weight excluding hydrogens is 467 g/mol. The van der Waals surface area contributed by atoms with Crippen LogP contribution in [0.1, 0.15) is 47.6 Å².